The SMILES string of the molecule is CC(C)c1ccc(CN2CCN(CN3C(=O)NC4(CCCCCC4)C3=O)CC2)cc1. The molecule has 0 bridgehead atoms. The van der Waals surface area contributed by atoms with Crippen LogP contribution in [0.15, 0.2) is 24.3 Å². The monoisotopic (exact) mass is 412 g/mol. The summed E-state index contributed by atoms with van der Waals surface area (Å²) in [5.74, 6) is 0.562. The molecule has 0 aromatic heterocycles. The van der Waals surface area contributed by atoms with Gasteiger partial charge in [0, 0.05) is 32.7 Å². The summed E-state index contributed by atoms with van der Waals surface area (Å²) in [6.07, 6.45) is 5.95. The summed E-state index contributed by atoms with van der Waals surface area (Å²) in [6, 6.07) is 8.74. The molecule has 2 heterocycles. The molecule has 3 amide bonds. The number of hydrogen-bond donors (Lipinski definition) is 1. The van der Waals surface area contributed by atoms with E-state index in [9.17, 15) is 9.59 Å². The molecule has 6 heteroatoms. The van der Waals surface area contributed by atoms with Crippen molar-refractivity contribution in [1.29, 1.82) is 0 Å². The summed E-state index contributed by atoms with van der Waals surface area (Å²) in [4.78, 5) is 31.9. The number of carbonyl (C=O) groups excluding carboxylic acids is 2. The van der Waals surface area contributed by atoms with Crippen molar-refractivity contribution in [3.63, 3.8) is 0 Å². The summed E-state index contributed by atoms with van der Waals surface area (Å²) in [7, 11) is 0. The van der Waals surface area contributed by atoms with Gasteiger partial charge in [0.2, 0.25) is 0 Å². The minimum atomic E-state index is -0.627. The fourth-order valence-electron chi connectivity index (χ4n) is 5.03. The Bertz CT molecular complexity index is 745. The predicted octanol–water partition coefficient (Wildman–Crippen LogP) is 3.53. The first-order chi connectivity index (χ1) is 14.5. The van der Waals surface area contributed by atoms with Crippen molar-refractivity contribution in [1.82, 2.24) is 20.0 Å². The second kappa shape index (κ2) is 9.06. The molecule has 2 aliphatic heterocycles. The minimum Gasteiger partial charge on any atom is -0.323 e. The van der Waals surface area contributed by atoms with Gasteiger partial charge in [0.25, 0.3) is 5.91 Å². The molecular weight excluding hydrogens is 376 g/mol. The maximum Gasteiger partial charge on any atom is 0.326 e. The molecule has 1 spiro atoms. The first-order valence-electron chi connectivity index (χ1n) is 11.6. The van der Waals surface area contributed by atoms with Crippen LogP contribution in [0.5, 0.6) is 0 Å². The summed E-state index contributed by atoms with van der Waals surface area (Å²) in [5.41, 5.74) is 2.10. The van der Waals surface area contributed by atoms with Gasteiger partial charge in [0.05, 0.1) is 6.67 Å². The zero-order valence-corrected chi connectivity index (χ0v) is 18.5. The molecular formula is C24H36N4O2. The number of rotatable bonds is 5. The molecule has 2 saturated heterocycles. The van der Waals surface area contributed by atoms with E-state index in [1.165, 1.54) is 16.0 Å². The van der Waals surface area contributed by atoms with Crippen molar-refractivity contribution < 1.29 is 9.59 Å². The lowest BCUT2D eigenvalue weighted by Crippen LogP contribution is -2.51. The Kier molecular flexibility index (Phi) is 6.44. The van der Waals surface area contributed by atoms with E-state index in [1.54, 1.807) is 0 Å². The summed E-state index contributed by atoms with van der Waals surface area (Å²) in [5, 5.41) is 3.05. The molecule has 3 fully saturated rings. The smallest absolute Gasteiger partial charge is 0.323 e. The van der Waals surface area contributed by atoms with Crippen LogP contribution >= 0.6 is 0 Å². The van der Waals surface area contributed by atoms with E-state index in [-0.39, 0.29) is 11.9 Å². The third-order valence-corrected chi connectivity index (χ3v) is 7.06. The molecule has 4 rings (SSSR count). The number of nitrogens with zero attached hydrogens (tertiary/aromatic N) is 3. The first kappa shape index (κ1) is 21.3. The van der Waals surface area contributed by atoms with Gasteiger partial charge in [0.15, 0.2) is 0 Å². The van der Waals surface area contributed by atoms with E-state index in [0.29, 0.717) is 12.6 Å². The zero-order valence-electron chi connectivity index (χ0n) is 18.5. The van der Waals surface area contributed by atoms with Gasteiger partial charge in [-0.15, -0.1) is 0 Å². The largest absolute Gasteiger partial charge is 0.326 e. The second-order valence-corrected chi connectivity index (χ2v) is 9.59. The minimum absolute atomic E-state index is 0.00192. The number of urea groups is 1. The van der Waals surface area contributed by atoms with Crippen LogP contribution in [0.25, 0.3) is 0 Å². The summed E-state index contributed by atoms with van der Waals surface area (Å²) >= 11 is 0. The lowest BCUT2D eigenvalue weighted by atomic mass is 9.90. The average Bonchev–Trinajstić information content (AvgIpc) is 2.90. The fourth-order valence-corrected chi connectivity index (χ4v) is 5.03. The van der Waals surface area contributed by atoms with Gasteiger partial charge in [0.1, 0.15) is 5.54 Å². The molecule has 1 saturated carbocycles. The van der Waals surface area contributed by atoms with E-state index in [4.69, 9.17) is 0 Å². The van der Waals surface area contributed by atoms with Crippen molar-refractivity contribution >= 4 is 11.9 Å². The Balaban J connectivity index is 1.28. The molecule has 1 aliphatic carbocycles. The molecule has 30 heavy (non-hydrogen) atoms. The van der Waals surface area contributed by atoms with E-state index in [0.717, 1.165) is 71.2 Å². The molecule has 164 valence electrons. The predicted molar refractivity (Wildman–Crippen MR) is 118 cm³/mol. The number of carbonyl (C=O) groups is 2. The van der Waals surface area contributed by atoms with Gasteiger partial charge in [-0.05, 0) is 29.9 Å². The van der Waals surface area contributed by atoms with Crippen LogP contribution in [0.4, 0.5) is 4.79 Å². The molecule has 0 unspecified atom stereocenters. The van der Waals surface area contributed by atoms with Crippen molar-refractivity contribution in [3.8, 4) is 0 Å². The fraction of sp³-hybridized carbons (Fsp3) is 0.667. The van der Waals surface area contributed by atoms with Gasteiger partial charge >= 0.3 is 6.03 Å². The molecule has 1 N–H and O–H groups in total. The zero-order chi connectivity index (χ0) is 21.1. The Labute approximate surface area is 180 Å². The maximum absolute atomic E-state index is 13.1. The molecule has 0 atom stereocenters. The number of nitrogens with one attached hydrogen (secondary N) is 1. The Hall–Kier alpha value is -1.92. The Morgan fingerprint density at radius 2 is 1.50 bits per heavy atom. The number of piperazine rings is 1. The normalized spacial score (nSPS) is 23.2. The van der Waals surface area contributed by atoms with E-state index < -0.39 is 5.54 Å². The molecule has 0 radical (unpaired) electrons. The quantitative estimate of drug-likeness (QED) is 0.752. The molecule has 3 aliphatic rings. The standard InChI is InChI=1S/C24H36N4O2/c1-19(2)21-9-7-20(8-10-21)17-26-13-15-27(16-14-26)18-28-22(29)24(25-23(28)30)11-5-3-4-6-12-24/h7-10,19H,3-6,11-18H2,1-2H3,(H,25,30). The van der Waals surface area contributed by atoms with Crippen molar-refractivity contribution in [2.75, 3.05) is 32.8 Å². The van der Waals surface area contributed by atoms with Gasteiger partial charge in [-0.25, -0.2) is 9.69 Å². The highest BCUT2D eigenvalue weighted by atomic mass is 16.2. The average molecular weight is 413 g/mol. The second-order valence-electron chi connectivity index (χ2n) is 9.59. The number of amides is 3. The lowest BCUT2D eigenvalue weighted by molar-refractivity contribution is -0.133. The van der Waals surface area contributed by atoms with E-state index in [2.05, 4.69) is 53.2 Å². The van der Waals surface area contributed by atoms with Crippen molar-refractivity contribution in [2.24, 2.45) is 0 Å². The van der Waals surface area contributed by atoms with Crippen molar-refractivity contribution in [2.45, 2.75) is 70.4 Å². The van der Waals surface area contributed by atoms with E-state index in [1.807, 2.05) is 0 Å². The number of imide groups is 1. The number of hydrogen-bond acceptors (Lipinski definition) is 4. The highest BCUT2D eigenvalue weighted by Crippen LogP contribution is 2.32. The van der Waals surface area contributed by atoms with Crippen molar-refractivity contribution in [3.05, 3.63) is 35.4 Å². The van der Waals surface area contributed by atoms with Crippen LogP contribution in [0.2, 0.25) is 0 Å². The Morgan fingerprint density at radius 3 is 2.10 bits per heavy atom. The van der Waals surface area contributed by atoms with Crippen LogP contribution in [0.1, 0.15) is 69.4 Å². The summed E-state index contributed by atoms with van der Waals surface area (Å²) in [6.45, 7) is 9.50. The molecule has 1 aromatic carbocycles. The topological polar surface area (TPSA) is 55.9 Å². The van der Waals surface area contributed by atoms with Crippen LogP contribution in [-0.2, 0) is 11.3 Å². The van der Waals surface area contributed by atoms with Gasteiger partial charge < -0.3 is 5.32 Å². The summed E-state index contributed by atoms with van der Waals surface area (Å²) < 4.78 is 0. The Morgan fingerprint density at radius 1 is 0.900 bits per heavy atom. The molecule has 1 aromatic rings. The third kappa shape index (κ3) is 4.54. The highest BCUT2D eigenvalue weighted by molar-refractivity contribution is 6.07. The van der Waals surface area contributed by atoms with Gasteiger partial charge in [-0.3, -0.25) is 14.6 Å². The van der Waals surface area contributed by atoms with Crippen LogP contribution in [-0.4, -0.2) is 65.0 Å². The van der Waals surface area contributed by atoms with Crippen LogP contribution < -0.4 is 5.32 Å². The maximum atomic E-state index is 13.1. The van der Waals surface area contributed by atoms with Crippen LogP contribution in [0, 0.1) is 0 Å². The molecule has 6 nitrogen and oxygen atoms in total. The third-order valence-electron chi connectivity index (χ3n) is 7.06. The van der Waals surface area contributed by atoms with Gasteiger partial charge in [-0.2, -0.15) is 0 Å². The lowest BCUT2D eigenvalue weighted by Gasteiger charge is -2.36. The number of benzene rings is 1. The highest BCUT2D eigenvalue weighted by Gasteiger charge is 2.50. The van der Waals surface area contributed by atoms with Crippen LogP contribution in [0.3, 0.4) is 0 Å². The van der Waals surface area contributed by atoms with Gasteiger partial charge in [-0.1, -0.05) is 63.8 Å². The first-order valence-corrected chi connectivity index (χ1v) is 11.6. The van der Waals surface area contributed by atoms with E-state index >= 15 is 0 Å².